The molecule has 106 valence electrons. The third-order valence-corrected chi connectivity index (χ3v) is 3.22. The number of carbonyl (C=O) groups excluding carboxylic acids is 1. The Kier molecular flexibility index (Phi) is 6.57. The van der Waals surface area contributed by atoms with Crippen LogP contribution in [0.25, 0.3) is 0 Å². The van der Waals surface area contributed by atoms with Gasteiger partial charge in [-0.2, -0.15) is 0 Å². The summed E-state index contributed by atoms with van der Waals surface area (Å²) in [5, 5.41) is 6.22. The van der Waals surface area contributed by atoms with Crippen LogP contribution in [0.15, 0.2) is 18.2 Å². The van der Waals surface area contributed by atoms with Crippen LogP contribution >= 0.6 is 0 Å². The minimum absolute atomic E-state index is 0.0697. The van der Waals surface area contributed by atoms with Crippen molar-refractivity contribution in [3.05, 3.63) is 29.3 Å². The van der Waals surface area contributed by atoms with Gasteiger partial charge in [-0.25, -0.2) is 0 Å². The van der Waals surface area contributed by atoms with Crippen LogP contribution in [0, 0.1) is 19.8 Å². The average Bonchev–Trinajstić information content (AvgIpc) is 2.33. The fraction of sp³-hybridized carbons (Fsp3) is 0.562. The number of aryl methyl sites for hydroxylation is 2. The number of nitrogens with one attached hydrogen (secondary N) is 2. The smallest absolute Gasteiger partial charge is 0.225 e. The third-order valence-electron chi connectivity index (χ3n) is 3.22. The number of anilines is 1. The minimum atomic E-state index is 0.0697. The summed E-state index contributed by atoms with van der Waals surface area (Å²) >= 11 is 0. The second-order valence-corrected chi connectivity index (χ2v) is 5.53. The van der Waals surface area contributed by atoms with Gasteiger partial charge in [0.05, 0.1) is 0 Å². The van der Waals surface area contributed by atoms with Crippen molar-refractivity contribution in [3.8, 4) is 0 Å². The van der Waals surface area contributed by atoms with Gasteiger partial charge in [0.25, 0.3) is 0 Å². The van der Waals surface area contributed by atoms with Crippen LogP contribution in [-0.2, 0) is 4.79 Å². The molecule has 19 heavy (non-hydrogen) atoms. The van der Waals surface area contributed by atoms with Crippen molar-refractivity contribution in [2.24, 2.45) is 5.92 Å². The summed E-state index contributed by atoms with van der Waals surface area (Å²) in [5.41, 5.74) is 3.33. The van der Waals surface area contributed by atoms with Gasteiger partial charge in [-0.15, -0.1) is 0 Å². The molecule has 0 aromatic heterocycles. The van der Waals surface area contributed by atoms with E-state index in [1.54, 1.807) is 0 Å². The number of amides is 1. The lowest BCUT2D eigenvalue weighted by atomic mass is 10.1. The topological polar surface area (TPSA) is 41.1 Å². The second-order valence-electron chi connectivity index (χ2n) is 5.53. The summed E-state index contributed by atoms with van der Waals surface area (Å²) in [4.78, 5) is 11.8. The highest BCUT2D eigenvalue weighted by atomic mass is 16.1. The van der Waals surface area contributed by atoms with E-state index < -0.39 is 0 Å². The summed E-state index contributed by atoms with van der Waals surface area (Å²) in [6.07, 6.45) is 1.67. The molecule has 0 aliphatic rings. The van der Waals surface area contributed by atoms with Crippen molar-refractivity contribution in [3.63, 3.8) is 0 Å². The monoisotopic (exact) mass is 262 g/mol. The molecule has 0 aliphatic carbocycles. The van der Waals surface area contributed by atoms with Gasteiger partial charge >= 0.3 is 0 Å². The Balaban J connectivity index is 2.25. The van der Waals surface area contributed by atoms with Crippen molar-refractivity contribution in [1.82, 2.24) is 5.32 Å². The lowest BCUT2D eigenvalue weighted by Crippen LogP contribution is -2.23. The molecule has 1 aromatic carbocycles. The van der Waals surface area contributed by atoms with Crippen LogP contribution in [0.2, 0.25) is 0 Å². The Morgan fingerprint density at radius 1 is 1.16 bits per heavy atom. The quantitative estimate of drug-likeness (QED) is 0.740. The van der Waals surface area contributed by atoms with Crippen LogP contribution in [0.3, 0.4) is 0 Å². The van der Waals surface area contributed by atoms with Gasteiger partial charge in [-0.05, 0) is 56.0 Å². The second kappa shape index (κ2) is 7.95. The van der Waals surface area contributed by atoms with E-state index in [-0.39, 0.29) is 5.91 Å². The van der Waals surface area contributed by atoms with E-state index in [0.29, 0.717) is 12.3 Å². The fourth-order valence-corrected chi connectivity index (χ4v) is 1.76. The number of carbonyl (C=O) groups is 1. The van der Waals surface area contributed by atoms with E-state index in [2.05, 4.69) is 38.3 Å². The molecule has 0 unspecified atom stereocenters. The lowest BCUT2D eigenvalue weighted by molar-refractivity contribution is -0.116. The van der Waals surface area contributed by atoms with Gasteiger partial charge in [-0.3, -0.25) is 4.79 Å². The van der Waals surface area contributed by atoms with Gasteiger partial charge in [0.15, 0.2) is 0 Å². The molecule has 0 bridgehead atoms. The Bertz CT molecular complexity index is 413. The number of rotatable bonds is 7. The maximum atomic E-state index is 11.8. The van der Waals surface area contributed by atoms with Crippen molar-refractivity contribution in [2.75, 3.05) is 18.4 Å². The van der Waals surface area contributed by atoms with Crippen LogP contribution in [0.5, 0.6) is 0 Å². The first kappa shape index (κ1) is 15.7. The van der Waals surface area contributed by atoms with Crippen LogP contribution in [-0.4, -0.2) is 19.0 Å². The molecule has 0 fully saturated rings. The lowest BCUT2D eigenvalue weighted by Gasteiger charge is -2.09. The first-order valence-corrected chi connectivity index (χ1v) is 7.07. The molecular weight excluding hydrogens is 236 g/mol. The zero-order valence-corrected chi connectivity index (χ0v) is 12.5. The number of benzene rings is 1. The predicted octanol–water partition coefficient (Wildman–Crippen LogP) is 3.27. The van der Waals surface area contributed by atoms with Crippen molar-refractivity contribution in [2.45, 2.75) is 40.5 Å². The molecule has 3 heteroatoms. The van der Waals surface area contributed by atoms with E-state index in [0.717, 1.165) is 25.2 Å². The highest BCUT2D eigenvalue weighted by Gasteiger charge is 2.03. The Morgan fingerprint density at radius 2 is 1.89 bits per heavy atom. The van der Waals surface area contributed by atoms with E-state index in [1.165, 1.54) is 11.1 Å². The molecule has 0 radical (unpaired) electrons. The van der Waals surface area contributed by atoms with Gasteiger partial charge in [0, 0.05) is 18.7 Å². The van der Waals surface area contributed by atoms with Gasteiger partial charge in [-0.1, -0.05) is 19.9 Å². The zero-order chi connectivity index (χ0) is 14.3. The zero-order valence-electron chi connectivity index (χ0n) is 12.5. The first-order valence-electron chi connectivity index (χ1n) is 7.07. The molecule has 2 N–H and O–H groups in total. The summed E-state index contributed by atoms with van der Waals surface area (Å²) < 4.78 is 0. The van der Waals surface area contributed by atoms with E-state index in [1.807, 2.05) is 18.2 Å². The number of hydrogen-bond acceptors (Lipinski definition) is 2. The largest absolute Gasteiger partial charge is 0.326 e. The molecule has 0 spiro atoms. The molecule has 1 aromatic rings. The summed E-state index contributed by atoms with van der Waals surface area (Å²) in [6, 6.07) is 6.00. The van der Waals surface area contributed by atoms with E-state index in [4.69, 9.17) is 0 Å². The molecule has 1 rings (SSSR count). The standard InChI is InChI=1S/C16H26N2O/c1-12(2)7-9-17-10-8-16(19)18-15-6-5-13(3)14(4)11-15/h5-6,11-12,17H,7-10H2,1-4H3,(H,18,19). The molecule has 0 atom stereocenters. The molecule has 1 amide bonds. The molecule has 3 nitrogen and oxygen atoms in total. The molecule has 0 heterocycles. The third kappa shape index (κ3) is 6.39. The molecular formula is C16H26N2O. The van der Waals surface area contributed by atoms with Crippen molar-refractivity contribution >= 4 is 11.6 Å². The molecule has 0 aliphatic heterocycles. The van der Waals surface area contributed by atoms with Crippen LogP contribution in [0.4, 0.5) is 5.69 Å². The van der Waals surface area contributed by atoms with Crippen LogP contribution in [0.1, 0.15) is 37.8 Å². The molecule has 0 saturated carbocycles. The summed E-state index contributed by atoms with van der Waals surface area (Å²) in [7, 11) is 0. The maximum Gasteiger partial charge on any atom is 0.225 e. The Morgan fingerprint density at radius 3 is 2.53 bits per heavy atom. The fourth-order valence-electron chi connectivity index (χ4n) is 1.76. The van der Waals surface area contributed by atoms with Gasteiger partial charge in [0.2, 0.25) is 5.91 Å². The highest BCUT2D eigenvalue weighted by molar-refractivity contribution is 5.90. The van der Waals surface area contributed by atoms with E-state index >= 15 is 0 Å². The van der Waals surface area contributed by atoms with Crippen molar-refractivity contribution in [1.29, 1.82) is 0 Å². The SMILES string of the molecule is Cc1ccc(NC(=O)CCNCCC(C)C)cc1C. The van der Waals surface area contributed by atoms with Gasteiger partial charge in [0.1, 0.15) is 0 Å². The van der Waals surface area contributed by atoms with Crippen LogP contribution < -0.4 is 10.6 Å². The average molecular weight is 262 g/mol. The number of hydrogen-bond donors (Lipinski definition) is 2. The van der Waals surface area contributed by atoms with Gasteiger partial charge < -0.3 is 10.6 Å². The maximum absolute atomic E-state index is 11.8. The summed E-state index contributed by atoms with van der Waals surface area (Å²) in [5.74, 6) is 0.775. The Hall–Kier alpha value is -1.35. The predicted molar refractivity (Wildman–Crippen MR) is 81.5 cm³/mol. The highest BCUT2D eigenvalue weighted by Crippen LogP contribution is 2.14. The normalized spacial score (nSPS) is 10.8. The first-order chi connectivity index (χ1) is 8.99. The molecule has 0 saturated heterocycles. The van der Waals surface area contributed by atoms with Crippen molar-refractivity contribution < 1.29 is 4.79 Å². The summed E-state index contributed by atoms with van der Waals surface area (Å²) in [6.45, 7) is 10.2. The Labute approximate surface area is 116 Å². The van der Waals surface area contributed by atoms with E-state index in [9.17, 15) is 4.79 Å². The minimum Gasteiger partial charge on any atom is -0.326 e.